The maximum Gasteiger partial charge on any atom is 0.256 e. The van der Waals surface area contributed by atoms with Gasteiger partial charge in [0.2, 0.25) is 0 Å². The standard InChI is InChI=1S/C21H24N4O2/c1-23(2)20-11-6-5-10-19(20)21(26)24(3)14-16-13-22-25(15-16)17-8-7-9-18(12-17)27-4/h5-13,15H,14H2,1-4H3. The predicted molar refractivity (Wildman–Crippen MR) is 107 cm³/mol. The lowest BCUT2D eigenvalue weighted by Crippen LogP contribution is -2.27. The first kappa shape index (κ1) is 18.5. The van der Waals surface area contributed by atoms with Gasteiger partial charge in [0.15, 0.2) is 0 Å². The van der Waals surface area contributed by atoms with Crippen LogP contribution in [0.3, 0.4) is 0 Å². The average Bonchev–Trinajstić information content (AvgIpc) is 3.15. The van der Waals surface area contributed by atoms with Crippen LogP contribution < -0.4 is 9.64 Å². The monoisotopic (exact) mass is 364 g/mol. The molecular formula is C21H24N4O2. The second-order valence-corrected chi connectivity index (χ2v) is 6.57. The molecule has 0 saturated heterocycles. The van der Waals surface area contributed by atoms with Gasteiger partial charge >= 0.3 is 0 Å². The number of anilines is 1. The summed E-state index contributed by atoms with van der Waals surface area (Å²) < 4.78 is 7.04. The van der Waals surface area contributed by atoms with Gasteiger partial charge in [0, 0.05) is 51.2 Å². The molecule has 0 atom stereocenters. The minimum absolute atomic E-state index is 0.0200. The molecule has 0 N–H and O–H groups in total. The Morgan fingerprint density at radius 1 is 1.11 bits per heavy atom. The maximum absolute atomic E-state index is 12.9. The summed E-state index contributed by atoms with van der Waals surface area (Å²) >= 11 is 0. The van der Waals surface area contributed by atoms with E-state index in [1.807, 2.05) is 73.7 Å². The molecule has 1 aromatic heterocycles. The van der Waals surface area contributed by atoms with E-state index >= 15 is 0 Å². The number of hydrogen-bond donors (Lipinski definition) is 0. The number of nitrogens with zero attached hydrogens (tertiary/aromatic N) is 4. The number of aromatic nitrogens is 2. The third-order valence-electron chi connectivity index (χ3n) is 4.34. The summed E-state index contributed by atoms with van der Waals surface area (Å²) in [5.41, 5.74) is 3.45. The van der Waals surface area contributed by atoms with E-state index in [1.165, 1.54) is 0 Å². The summed E-state index contributed by atoms with van der Waals surface area (Å²) in [6.45, 7) is 0.477. The molecule has 0 unspecified atom stereocenters. The SMILES string of the molecule is COc1cccc(-n2cc(CN(C)C(=O)c3ccccc3N(C)C)cn2)c1. The zero-order valence-electron chi connectivity index (χ0n) is 16.1. The summed E-state index contributed by atoms with van der Waals surface area (Å²) in [6.07, 6.45) is 3.71. The molecular weight excluding hydrogens is 340 g/mol. The van der Waals surface area contributed by atoms with Crippen LogP contribution in [0.15, 0.2) is 60.9 Å². The van der Waals surface area contributed by atoms with Crippen molar-refractivity contribution in [3.05, 3.63) is 72.1 Å². The molecule has 2 aromatic carbocycles. The lowest BCUT2D eigenvalue weighted by Gasteiger charge is -2.21. The van der Waals surface area contributed by atoms with Crippen molar-refractivity contribution < 1.29 is 9.53 Å². The van der Waals surface area contributed by atoms with E-state index in [0.717, 1.165) is 22.7 Å². The van der Waals surface area contributed by atoms with E-state index in [0.29, 0.717) is 12.1 Å². The van der Waals surface area contributed by atoms with Crippen LogP contribution in [0.2, 0.25) is 0 Å². The van der Waals surface area contributed by atoms with Crippen molar-refractivity contribution in [3.63, 3.8) is 0 Å². The number of carbonyl (C=O) groups excluding carboxylic acids is 1. The summed E-state index contributed by atoms with van der Waals surface area (Å²) in [6, 6.07) is 15.3. The first-order chi connectivity index (χ1) is 13.0. The van der Waals surface area contributed by atoms with E-state index in [1.54, 1.807) is 29.9 Å². The summed E-state index contributed by atoms with van der Waals surface area (Å²) in [7, 11) is 7.31. The zero-order valence-corrected chi connectivity index (χ0v) is 16.1. The maximum atomic E-state index is 12.9. The minimum atomic E-state index is -0.0200. The highest BCUT2D eigenvalue weighted by atomic mass is 16.5. The van der Waals surface area contributed by atoms with Crippen LogP contribution in [0.5, 0.6) is 5.75 Å². The van der Waals surface area contributed by atoms with Gasteiger partial charge in [-0.25, -0.2) is 4.68 Å². The molecule has 6 nitrogen and oxygen atoms in total. The van der Waals surface area contributed by atoms with Gasteiger partial charge < -0.3 is 14.5 Å². The van der Waals surface area contributed by atoms with Gasteiger partial charge in [-0.15, -0.1) is 0 Å². The highest BCUT2D eigenvalue weighted by molar-refractivity contribution is 5.99. The van der Waals surface area contributed by atoms with Gasteiger partial charge in [-0.2, -0.15) is 5.10 Å². The molecule has 0 aliphatic heterocycles. The molecule has 1 amide bonds. The third kappa shape index (κ3) is 4.11. The van der Waals surface area contributed by atoms with Crippen LogP contribution in [0.1, 0.15) is 15.9 Å². The fourth-order valence-electron chi connectivity index (χ4n) is 2.93. The van der Waals surface area contributed by atoms with Crippen molar-refractivity contribution in [1.29, 1.82) is 0 Å². The molecule has 6 heteroatoms. The van der Waals surface area contributed by atoms with Crippen molar-refractivity contribution in [2.75, 3.05) is 33.2 Å². The van der Waals surface area contributed by atoms with Crippen molar-refractivity contribution in [1.82, 2.24) is 14.7 Å². The van der Waals surface area contributed by atoms with Gasteiger partial charge in [-0.1, -0.05) is 18.2 Å². The number of ether oxygens (including phenoxy) is 1. The number of hydrogen-bond acceptors (Lipinski definition) is 4. The quantitative estimate of drug-likeness (QED) is 0.674. The van der Waals surface area contributed by atoms with Gasteiger partial charge in [-0.3, -0.25) is 4.79 Å². The fourth-order valence-corrected chi connectivity index (χ4v) is 2.93. The highest BCUT2D eigenvalue weighted by Gasteiger charge is 2.17. The van der Waals surface area contributed by atoms with Gasteiger partial charge in [0.05, 0.1) is 24.6 Å². The molecule has 0 bridgehead atoms. The largest absolute Gasteiger partial charge is 0.497 e. The summed E-state index contributed by atoms with van der Waals surface area (Å²) in [4.78, 5) is 16.5. The molecule has 0 radical (unpaired) electrons. The Labute approximate surface area is 159 Å². The van der Waals surface area contributed by atoms with Crippen LogP contribution >= 0.6 is 0 Å². The Balaban J connectivity index is 1.76. The molecule has 0 spiro atoms. The lowest BCUT2D eigenvalue weighted by atomic mass is 10.1. The van der Waals surface area contributed by atoms with Crippen molar-refractivity contribution in [2.24, 2.45) is 0 Å². The van der Waals surface area contributed by atoms with Crippen LogP contribution in [-0.2, 0) is 6.54 Å². The Kier molecular flexibility index (Phi) is 5.45. The number of carbonyl (C=O) groups is 1. The smallest absolute Gasteiger partial charge is 0.256 e. The van der Waals surface area contributed by atoms with Crippen LogP contribution in [0.4, 0.5) is 5.69 Å². The number of benzene rings is 2. The topological polar surface area (TPSA) is 50.6 Å². The number of para-hydroxylation sites is 1. The van der Waals surface area contributed by atoms with Crippen LogP contribution in [0, 0.1) is 0 Å². The van der Waals surface area contributed by atoms with Crippen molar-refractivity contribution >= 4 is 11.6 Å². The second-order valence-electron chi connectivity index (χ2n) is 6.57. The summed E-state index contributed by atoms with van der Waals surface area (Å²) in [5, 5.41) is 4.41. The first-order valence-corrected chi connectivity index (χ1v) is 8.69. The second kappa shape index (κ2) is 7.95. The average molecular weight is 364 g/mol. The van der Waals surface area contributed by atoms with Gasteiger partial charge in [0.25, 0.3) is 5.91 Å². The third-order valence-corrected chi connectivity index (χ3v) is 4.34. The van der Waals surface area contributed by atoms with Crippen molar-refractivity contribution in [3.8, 4) is 11.4 Å². The lowest BCUT2D eigenvalue weighted by molar-refractivity contribution is 0.0785. The molecule has 3 rings (SSSR count). The molecule has 0 fully saturated rings. The summed E-state index contributed by atoms with van der Waals surface area (Å²) in [5.74, 6) is 0.755. The Hall–Kier alpha value is -3.28. The van der Waals surface area contributed by atoms with Crippen LogP contribution in [-0.4, -0.2) is 48.8 Å². The molecule has 27 heavy (non-hydrogen) atoms. The molecule has 3 aromatic rings. The van der Waals surface area contributed by atoms with E-state index in [2.05, 4.69) is 5.10 Å². The number of methoxy groups -OCH3 is 1. The van der Waals surface area contributed by atoms with E-state index in [4.69, 9.17) is 4.74 Å². The van der Waals surface area contributed by atoms with Crippen LogP contribution in [0.25, 0.3) is 5.69 Å². The van der Waals surface area contributed by atoms with E-state index < -0.39 is 0 Å². The first-order valence-electron chi connectivity index (χ1n) is 8.69. The molecule has 0 aliphatic carbocycles. The Morgan fingerprint density at radius 3 is 2.63 bits per heavy atom. The fraction of sp³-hybridized carbons (Fsp3) is 0.238. The van der Waals surface area contributed by atoms with E-state index in [9.17, 15) is 4.79 Å². The normalized spacial score (nSPS) is 10.5. The predicted octanol–water partition coefficient (Wildman–Crippen LogP) is 3.22. The molecule has 1 heterocycles. The van der Waals surface area contributed by atoms with Gasteiger partial charge in [-0.05, 0) is 24.3 Å². The van der Waals surface area contributed by atoms with Crippen molar-refractivity contribution in [2.45, 2.75) is 6.54 Å². The highest BCUT2D eigenvalue weighted by Crippen LogP contribution is 2.21. The number of amides is 1. The number of rotatable bonds is 6. The molecule has 0 aliphatic rings. The Bertz CT molecular complexity index is 933. The van der Waals surface area contributed by atoms with E-state index in [-0.39, 0.29) is 5.91 Å². The van der Waals surface area contributed by atoms with Gasteiger partial charge in [0.1, 0.15) is 5.75 Å². The minimum Gasteiger partial charge on any atom is -0.497 e. The molecule has 140 valence electrons. The Morgan fingerprint density at radius 2 is 1.89 bits per heavy atom. The molecule has 0 saturated carbocycles. The zero-order chi connectivity index (χ0) is 19.4.